The molecule has 0 amide bonds. The summed E-state index contributed by atoms with van der Waals surface area (Å²) in [5.74, 6) is -0.170. The van der Waals surface area contributed by atoms with E-state index >= 15 is 0 Å². The minimum Gasteiger partial charge on any atom is -0.465 e. The van der Waals surface area contributed by atoms with Crippen LogP contribution in [0.5, 0.6) is 0 Å². The van der Waals surface area contributed by atoms with E-state index in [1.807, 2.05) is 0 Å². The average Bonchev–Trinajstić information content (AvgIpc) is 2.92. The van der Waals surface area contributed by atoms with Gasteiger partial charge in [-0.1, -0.05) is 117 Å². The lowest BCUT2D eigenvalue weighted by Crippen LogP contribution is -2.39. The van der Waals surface area contributed by atoms with Crippen LogP contribution in [0.1, 0.15) is 118 Å². The molecule has 0 bridgehead atoms. The van der Waals surface area contributed by atoms with Gasteiger partial charge >= 0.3 is 11.9 Å². The highest BCUT2D eigenvalue weighted by atomic mass is 16.5. The topological polar surface area (TPSA) is 52.6 Å². The Morgan fingerprint density at radius 3 is 1.77 bits per heavy atom. The fraction of sp³-hybridized carbons (Fsp3) is 0.765. The lowest BCUT2D eigenvalue weighted by atomic mass is 10.0. The first-order chi connectivity index (χ1) is 18.6. The van der Waals surface area contributed by atoms with E-state index in [1.54, 1.807) is 6.92 Å². The van der Waals surface area contributed by atoms with Gasteiger partial charge in [0.1, 0.15) is 6.54 Å². The van der Waals surface area contributed by atoms with E-state index < -0.39 is 5.92 Å². The Morgan fingerprint density at radius 2 is 1.28 bits per heavy atom. The van der Waals surface area contributed by atoms with Gasteiger partial charge < -0.3 is 14.0 Å². The number of carbonyl (C=O) groups is 2. The normalized spacial score (nSPS) is 13.5. The standard InChI is InChI=1S/C21H40O4.C13H22N/c1-6-10-12-18(8-3)15-24-20(22)14-17(5)21(23)25-16-19(9-4)13-11-7-2;1-4-5-11-14(2,3)12-13-9-7-6-8-10-13/h17-19H,6-16H2,1-5H3;6-10H,4-5,11-12H2,1-3H3/q;+1. The van der Waals surface area contributed by atoms with Crippen LogP contribution in [-0.2, 0) is 25.6 Å². The monoisotopic (exact) mass is 548 g/mol. The first-order valence-corrected chi connectivity index (χ1v) is 15.8. The van der Waals surface area contributed by atoms with Crippen LogP contribution in [0.4, 0.5) is 0 Å². The van der Waals surface area contributed by atoms with Crippen molar-refractivity contribution in [2.45, 2.75) is 119 Å². The van der Waals surface area contributed by atoms with Crippen LogP contribution in [0.2, 0.25) is 0 Å². The van der Waals surface area contributed by atoms with Crippen LogP contribution < -0.4 is 0 Å². The van der Waals surface area contributed by atoms with Crippen LogP contribution in [0.3, 0.4) is 0 Å². The Kier molecular flexibility index (Phi) is 21.8. The average molecular weight is 549 g/mol. The fourth-order valence-corrected chi connectivity index (χ4v) is 4.48. The number of carbonyl (C=O) groups excluding carboxylic acids is 2. The number of quaternary nitrogens is 1. The second-order valence-electron chi connectivity index (χ2n) is 11.9. The van der Waals surface area contributed by atoms with Crippen molar-refractivity contribution in [1.82, 2.24) is 0 Å². The Bertz CT molecular complexity index is 734. The van der Waals surface area contributed by atoms with Crippen molar-refractivity contribution in [3.63, 3.8) is 0 Å². The minimum absolute atomic E-state index is 0.106. The maximum atomic E-state index is 12.1. The van der Waals surface area contributed by atoms with Crippen LogP contribution in [0.25, 0.3) is 0 Å². The van der Waals surface area contributed by atoms with E-state index in [1.165, 1.54) is 24.9 Å². The van der Waals surface area contributed by atoms with E-state index in [0.717, 1.165) is 62.4 Å². The highest BCUT2D eigenvalue weighted by Gasteiger charge is 2.21. The second kappa shape index (κ2) is 22.9. The van der Waals surface area contributed by atoms with Crippen molar-refractivity contribution in [3.8, 4) is 0 Å². The Labute approximate surface area is 241 Å². The molecule has 0 saturated carbocycles. The summed E-state index contributed by atoms with van der Waals surface area (Å²) >= 11 is 0. The van der Waals surface area contributed by atoms with Crippen molar-refractivity contribution >= 4 is 11.9 Å². The SMILES string of the molecule is CCCCC(CC)COC(=O)CC(C)C(=O)OCC(CC)CCCC.CCCC[N+](C)(C)Cc1ccccc1. The molecular formula is C34H62NO4+. The minimum atomic E-state index is -0.438. The number of hydrogen-bond acceptors (Lipinski definition) is 4. The van der Waals surface area contributed by atoms with Gasteiger partial charge in [-0.3, -0.25) is 9.59 Å². The Balaban J connectivity index is 0.000000864. The van der Waals surface area contributed by atoms with Gasteiger partial charge in [-0.25, -0.2) is 0 Å². The maximum absolute atomic E-state index is 12.1. The van der Waals surface area contributed by atoms with Crippen molar-refractivity contribution in [1.29, 1.82) is 0 Å². The number of hydrogen-bond donors (Lipinski definition) is 0. The van der Waals surface area contributed by atoms with Gasteiger partial charge in [-0.05, 0) is 31.1 Å². The summed E-state index contributed by atoms with van der Waals surface area (Å²) in [5.41, 5.74) is 1.44. The molecule has 226 valence electrons. The Morgan fingerprint density at radius 1 is 0.769 bits per heavy atom. The molecule has 0 aromatic heterocycles. The smallest absolute Gasteiger partial charge is 0.309 e. The summed E-state index contributed by atoms with van der Waals surface area (Å²) in [6.07, 6.45) is 11.6. The van der Waals surface area contributed by atoms with E-state index in [2.05, 4.69) is 79.0 Å². The lowest BCUT2D eigenvalue weighted by Gasteiger charge is -2.29. The molecule has 1 aromatic rings. The van der Waals surface area contributed by atoms with Crippen molar-refractivity contribution in [2.75, 3.05) is 33.9 Å². The molecular weight excluding hydrogens is 486 g/mol. The lowest BCUT2D eigenvalue weighted by molar-refractivity contribution is -0.903. The summed E-state index contributed by atoms with van der Waals surface area (Å²) < 4.78 is 11.9. The molecule has 3 unspecified atom stereocenters. The van der Waals surface area contributed by atoms with Gasteiger partial charge in [0.2, 0.25) is 0 Å². The molecule has 0 aliphatic carbocycles. The van der Waals surface area contributed by atoms with Crippen molar-refractivity contribution in [2.24, 2.45) is 17.8 Å². The summed E-state index contributed by atoms with van der Waals surface area (Å²) in [6, 6.07) is 10.7. The predicted molar refractivity (Wildman–Crippen MR) is 164 cm³/mol. The number of esters is 2. The van der Waals surface area contributed by atoms with Gasteiger partial charge in [0.05, 0.1) is 46.2 Å². The molecule has 0 heterocycles. The molecule has 0 N–H and O–H groups in total. The second-order valence-corrected chi connectivity index (χ2v) is 11.9. The third-order valence-corrected chi connectivity index (χ3v) is 7.47. The largest absolute Gasteiger partial charge is 0.465 e. The molecule has 1 aromatic carbocycles. The molecule has 39 heavy (non-hydrogen) atoms. The molecule has 0 aliphatic heterocycles. The van der Waals surface area contributed by atoms with Gasteiger partial charge in [0.15, 0.2) is 0 Å². The molecule has 0 fully saturated rings. The van der Waals surface area contributed by atoms with Gasteiger partial charge in [0, 0.05) is 5.56 Å². The third-order valence-electron chi connectivity index (χ3n) is 7.47. The number of ether oxygens (including phenoxy) is 2. The summed E-state index contributed by atoms with van der Waals surface area (Å²) in [5, 5.41) is 0. The van der Waals surface area contributed by atoms with Crippen LogP contribution in [0.15, 0.2) is 30.3 Å². The van der Waals surface area contributed by atoms with E-state index in [0.29, 0.717) is 25.0 Å². The third kappa shape index (κ3) is 19.8. The number of benzene rings is 1. The molecule has 5 nitrogen and oxygen atoms in total. The first kappa shape index (κ1) is 37.1. The zero-order valence-corrected chi connectivity index (χ0v) is 26.8. The number of rotatable bonds is 20. The number of nitrogens with zero attached hydrogens (tertiary/aromatic N) is 1. The zero-order chi connectivity index (χ0) is 29.5. The van der Waals surface area contributed by atoms with E-state index in [9.17, 15) is 9.59 Å². The Hall–Kier alpha value is -1.88. The van der Waals surface area contributed by atoms with Gasteiger partial charge in [-0.2, -0.15) is 0 Å². The fourth-order valence-electron chi connectivity index (χ4n) is 4.48. The maximum Gasteiger partial charge on any atom is 0.309 e. The highest BCUT2D eigenvalue weighted by molar-refractivity contribution is 5.79. The van der Waals surface area contributed by atoms with Crippen LogP contribution in [0, 0.1) is 17.8 Å². The first-order valence-electron chi connectivity index (χ1n) is 15.8. The zero-order valence-electron chi connectivity index (χ0n) is 26.8. The summed E-state index contributed by atoms with van der Waals surface area (Å²) in [7, 11) is 4.62. The summed E-state index contributed by atoms with van der Waals surface area (Å²) in [6.45, 7) is 15.9. The number of unbranched alkanes of at least 4 members (excludes halogenated alkanes) is 3. The van der Waals surface area contributed by atoms with E-state index in [-0.39, 0.29) is 18.4 Å². The van der Waals surface area contributed by atoms with Crippen LogP contribution in [-0.4, -0.2) is 50.3 Å². The quantitative estimate of drug-likeness (QED) is 0.121. The molecule has 0 spiro atoms. The molecule has 3 atom stereocenters. The van der Waals surface area contributed by atoms with Crippen molar-refractivity contribution in [3.05, 3.63) is 35.9 Å². The molecule has 5 heteroatoms. The van der Waals surface area contributed by atoms with Crippen LogP contribution >= 0.6 is 0 Å². The van der Waals surface area contributed by atoms with Crippen molar-refractivity contribution < 1.29 is 23.5 Å². The van der Waals surface area contributed by atoms with Gasteiger partial charge in [0.25, 0.3) is 0 Å². The highest BCUT2D eigenvalue weighted by Crippen LogP contribution is 2.16. The predicted octanol–water partition coefficient (Wildman–Crippen LogP) is 8.59. The van der Waals surface area contributed by atoms with Gasteiger partial charge in [-0.15, -0.1) is 0 Å². The summed E-state index contributed by atoms with van der Waals surface area (Å²) in [4.78, 5) is 24.0. The van der Waals surface area contributed by atoms with E-state index in [4.69, 9.17) is 9.47 Å². The molecule has 1 rings (SSSR count). The molecule has 0 aliphatic rings. The molecule has 0 saturated heterocycles. The molecule has 0 radical (unpaired) electrons.